The first-order valence-electron chi connectivity index (χ1n) is 7.04. The third-order valence-electron chi connectivity index (χ3n) is 3.46. The summed E-state index contributed by atoms with van der Waals surface area (Å²) in [5.74, 6) is 0.656. The third-order valence-corrected chi connectivity index (χ3v) is 4.87. The third kappa shape index (κ3) is 3.40. The maximum absolute atomic E-state index is 6.11. The molecule has 2 aromatic rings. The molecule has 0 aliphatic rings. The Bertz CT molecular complexity index is 580. The first-order chi connectivity index (χ1) is 9.15. The van der Waals surface area contributed by atoms with Gasteiger partial charge in [-0.1, -0.05) is 44.9 Å². The summed E-state index contributed by atoms with van der Waals surface area (Å²) in [4.78, 5) is 1.39. The van der Waals surface area contributed by atoms with Crippen LogP contribution in [0.2, 0.25) is 5.02 Å². The highest BCUT2D eigenvalue weighted by molar-refractivity contribution is 7.20. The standard InChI is InChI=1S/C17H21ClS/c1-4-6-12(3)7-9-16-14(5-2)15-11-13(18)8-10-17(15)19-16/h7-12H,4-6H2,1-3H3/b9-7-. The molecule has 0 saturated carbocycles. The molecule has 0 amide bonds. The minimum Gasteiger partial charge on any atom is -0.136 e. The number of fused-ring (bicyclic) bond motifs is 1. The topological polar surface area (TPSA) is 0 Å². The average molecular weight is 293 g/mol. The van der Waals surface area contributed by atoms with Crippen LogP contribution in [0.3, 0.4) is 0 Å². The van der Waals surface area contributed by atoms with E-state index in [0.29, 0.717) is 5.92 Å². The number of allylic oxidation sites excluding steroid dienone is 1. The van der Waals surface area contributed by atoms with E-state index in [0.717, 1.165) is 11.4 Å². The van der Waals surface area contributed by atoms with Gasteiger partial charge in [0, 0.05) is 14.6 Å². The number of thiophene rings is 1. The normalized spacial score (nSPS) is 13.5. The summed E-state index contributed by atoms with van der Waals surface area (Å²) in [6, 6.07) is 6.21. The maximum atomic E-state index is 6.11. The lowest BCUT2D eigenvalue weighted by Crippen LogP contribution is -1.87. The number of benzene rings is 1. The van der Waals surface area contributed by atoms with Crippen LogP contribution in [0.1, 0.15) is 44.1 Å². The number of halogens is 1. The summed E-state index contributed by atoms with van der Waals surface area (Å²) in [5, 5.41) is 2.15. The smallest absolute Gasteiger partial charge is 0.0413 e. The van der Waals surface area contributed by atoms with Crippen molar-refractivity contribution in [1.29, 1.82) is 0 Å². The van der Waals surface area contributed by atoms with Gasteiger partial charge in [-0.15, -0.1) is 11.3 Å². The Balaban J connectivity index is 2.37. The summed E-state index contributed by atoms with van der Waals surface area (Å²) >= 11 is 7.98. The molecule has 0 radical (unpaired) electrons. The highest BCUT2D eigenvalue weighted by Gasteiger charge is 2.09. The monoisotopic (exact) mass is 292 g/mol. The first-order valence-corrected chi connectivity index (χ1v) is 8.24. The van der Waals surface area contributed by atoms with Crippen molar-refractivity contribution in [3.05, 3.63) is 39.7 Å². The second-order valence-corrected chi connectivity index (χ2v) is 6.58. The number of hydrogen-bond acceptors (Lipinski definition) is 1. The summed E-state index contributed by atoms with van der Waals surface area (Å²) in [7, 11) is 0. The molecule has 1 aromatic carbocycles. The van der Waals surface area contributed by atoms with Gasteiger partial charge in [0.05, 0.1) is 0 Å². The predicted molar refractivity (Wildman–Crippen MR) is 89.3 cm³/mol. The van der Waals surface area contributed by atoms with E-state index in [9.17, 15) is 0 Å². The van der Waals surface area contributed by atoms with Gasteiger partial charge in [0.1, 0.15) is 0 Å². The van der Waals surface area contributed by atoms with E-state index in [2.05, 4.69) is 45.1 Å². The van der Waals surface area contributed by atoms with Crippen LogP contribution in [0.15, 0.2) is 24.3 Å². The SMILES string of the molecule is CCCC(C)/C=C\c1sc2ccc(Cl)cc2c1CC. The second kappa shape index (κ2) is 6.58. The lowest BCUT2D eigenvalue weighted by Gasteiger charge is -2.02. The molecule has 0 saturated heterocycles. The van der Waals surface area contributed by atoms with Gasteiger partial charge in [0.25, 0.3) is 0 Å². The average Bonchev–Trinajstić information content (AvgIpc) is 2.73. The lowest BCUT2D eigenvalue weighted by atomic mass is 10.0. The highest BCUT2D eigenvalue weighted by Crippen LogP contribution is 2.34. The fourth-order valence-corrected chi connectivity index (χ4v) is 3.80. The Kier molecular flexibility index (Phi) is 5.06. The fourth-order valence-electron chi connectivity index (χ4n) is 2.44. The molecule has 0 nitrogen and oxygen atoms in total. The van der Waals surface area contributed by atoms with Gasteiger partial charge >= 0.3 is 0 Å². The Morgan fingerprint density at radius 2 is 2.11 bits per heavy atom. The molecule has 0 bridgehead atoms. The van der Waals surface area contributed by atoms with E-state index in [4.69, 9.17) is 11.6 Å². The van der Waals surface area contributed by atoms with E-state index < -0.39 is 0 Å². The summed E-state index contributed by atoms with van der Waals surface area (Å²) in [6.07, 6.45) is 8.21. The molecule has 1 heterocycles. The van der Waals surface area contributed by atoms with Crippen LogP contribution in [-0.2, 0) is 6.42 Å². The highest BCUT2D eigenvalue weighted by atomic mass is 35.5. The van der Waals surface area contributed by atoms with Crippen LogP contribution in [0.25, 0.3) is 16.2 Å². The van der Waals surface area contributed by atoms with Crippen molar-refractivity contribution in [2.45, 2.75) is 40.0 Å². The fraction of sp³-hybridized carbons (Fsp3) is 0.412. The lowest BCUT2D eigenvalue weighted by molar-refractivity contribution is 0.636. The van der Waals surface area contributed by atoms with E-state index in [1.54, 1.807) is 0 Å². The van der Waals surface area contributed by atoms with Crippen molar-refractivity contribution in [1.82, 2.24) is 0 Å². The van der Waals surface area contributed by atoms with Crippen LogP contribution >= 0.6 is 22.9 Å². The molecule has 2 rings (SSSR count). The zero-order valence-electron chi connectivity index (χ0n) is 11.9. The Hall–Kier alpha value is -0.790. The van der Waals surface area contributed by atoms with Gasteiger partial charge in [-0.3, -0.25) is 0 Å². The van der Waals surface area contributed by atoms with Crippen molar-refractivity contribution < 1.29 is 0 Å². The van der Waals surface area contributed by atoms with Crippen LogP contribution in [0.4, 0.5) is 0 Å². The van der Waals surface area contributed by atoms with Crippen molar-refractivity contribution >= 4 is 39.1 Å². The van der Waals surface area contributed by atoms with E-state index in [-0.39, 0.29) is 0 Å². The van der Waals surface area contributed by atoms with Crippen LogP contribution < -0.4 is 0 Å². The van der Waals surface area contributed by atoms with Crippen LogP contribution in [-0.4, -0.2) is 0 Å². The largest absolute Gasteiger partial charge is 0.136 e. The molecular formula is C17H21ClS. The molecule has 0 aliphatic carbocycles. The van der Waals surface area contributed by atoms with Crippen molar-refractivity contribution in [3.8, 4) is 0 Å². The summed E-state index contributed by atoms with van der Waals surface area (Å²) < 4.78 is 1.34. The van der Waals surface area contributed by atoms with Crippen LogP contribution in [0, 0.1) is 5.92 Å². The molecule has 19 heavy (non-hydrogen) atoms. The van der Waals surface area contributed by atoms with Gasteiger partial charge in [0.15, 0.2) is 0 Å². The molecule has 2 heteroatoms. The molecule has 0 fully saturated rings. The molecule has 1 aromatic heterocycles. The molecule has 1 unspecified atom stereocenters. The van der Waals surface area contributed by atoms with Crippen molar-refractivity contribution in [2.24, 2.45) is 5.92 Å². The van der Waals surface area contributed by atoms with Gasteiger partial charge in [-0.25, -0.2) is 0 Å². The second-order valence-electron chi connectivity index (χ2n) is 5.06. The van der Waals surface area contributed by atoms with E-state index >= 15 is 0 Å². The molecule has 102 valence electrons. The Morgan fingerprint density at radius 1 is 1.32 bits per heavy atom. The number of aryl methyl sites for hydroxylation is 1. The Morgan fingerprint density at radius 3 is 2.79 bits per heavy atom. The van der Waals surface area contributed by atoms with Crippen molar-refractivity contribution in [2.75, 3.05) is 0 Å². The quantitative estimate of drug-likeness (QED) is 0.585. The predicted octanol–water partition coefficient (Wildman–Crippen LogP) is 6.57. The van der Waals surface area contributed by atoms with Gasteiger partial charge in [-0.2, -0.15) is 0 Å². The molecule has 0 spiro atoms. The number of rotatable bonds is 5. The maximum Gasteiger partial charge on any atom is 0.0413 e. The molecular weight excluding hydrogens is 272 g/mol. The first kappa shape index (κ1) is 14.6. The van der Waals surface area contributed by atoms with E-state index in [1.165, 1.54) is 33.4 Å². The van der Waals surface area contributed by atoms with Crippen molar-refractivity contribution in [3.63, 3.8) is 0 Å². The van der Waals surface area contributed by atoms with Gasteiger partial charge in [0.2, 0.25) is 0 Å². The van der Waals surface area contributed by atoms with E-state index in [1.807, 2.05) is 17.4 Å². The molecule has 1 atom stereocenters. The zero-order chi connectivity index (χ0) is 13.8. The molecule has 0 aliphatic heterocycles. The number of hydrogen-bond donors (Lipinski definition) is 0. The minimum absolute atomic E-state index is 0.656. The minimum atomic E-state index is 0.656. The van der Waals surface area contributed by atoms with Crippen LogP contribution in [0.5, 0.6) is 0 Å². The summed E-state index contributed by atoms with van der Waals surface area (Å²) in [6.45, 7) is 6.74. The van der Waals surface area contributed by atoms with Gasteiger partial charge in [-0.05, 0) is 54.0 Å². The molecule has 0 N–H and O–H groups in total. The zero-order valence-corrected chi connectivity index (χ0v) is 13.4. The Labute approximate surface area is 125 Å². The van der Waals surface area contributed by atoms with Gasteiger partial charge < -0.3 is 0 Å². The summed E-state index contributed by atoms with van der Waals surface area (Å²) in [5.41, 5.74) is 1.43.